The molecule has 2 aromatic heterocycles. The van der Waals surface area contributed by atoms with Gasteiger partial charge in [-0.15, -0.1) is 11.3 Å². The van der Waals surface area contributed by atoms with Crippen LogP contribution >= 0.6 is 22.7 Å². The molecule has 0 aliphatic carbocycles. The van der Waals surface area contributed by atoms with Crippen LogP contribution < -0.4 is 5.32 Å². The van der Waals surface area contributed by atoms with E-state index in [2.05, 4.69) is 32.5 Å². The molecule has 1 fully saturated rings. The van der Waals surface area contributed by atoms with Gasteiger partial charge in [0.05, 0.1) is 12.3 Å². The van der Waals surface area contributed by atoms with Crippen LogP contribution in [0.1, 0.15) is 18.5 Å². The summed E-state index contributed by atoms with van der Waals surface area (Å²) in [6.45, 7) is 3.43. The van der Waals surface area contributed by atoms with Crippen molar-refractivity contribution in [2.24, 2.45) is 5.41 Å². The predicted octanol–water partition coefficient (Wildman–Crippen LogP) is 2.75. The predicted molar refractivity (Wildman–Crippen MR) is 86.7 cm³/mol. The first kappa shape index (κ1) is 15.1. The van der Waals surface area contributed by atoms with Crippen molar-refractivity contribution in [3.8, 4) is 10.6 Å². The molecule has 2 aromatic rings. The highest BCUT2D eigenvalue weighted by Gasteiger charge is 2.33. The molecular weight excluding hydrogens is 304 g/mol. The minimum absolute atomic E-state index is 0.0982. The molecule has 1 aliphatic heterocycles. The van der Waals surface area contributed by atoms with E-state index in [1.54, 1.807) is 22.7 Å². The highest BCUT2D eigenvalue weighted by Crippen LogP contribution is 2.31. The smallest absolute Gasteiger partial charge is 0.124 e. The van der Waals surface area contributed by atoms with Crippen LogP contribution in [0.15, 0.2) is 22.2 Å². The molecule has 0 aromatic carbocycles. The number of aromatic nitrogens is 1. The number of ether oxygens (including phenoxy) is 1. The van der Waals surface area contributed by atoms with E-state index in [9.17, 15) is 5.11 Å². The minimum atomic E-state index is 0.0982. The van der Waals surface area contributed by atoms with E-state index in [0.29, 0.717) is 0 Å². The lowest BCUT2D eigenvalue weighted by atomic mass is 9.84. The van der Waals surface area contributed by atoms with Crippen molar-refractivity contribution >= 4 is 22.7 Å². The van der Waals surface area contributed by atoms with Crippen LogP contribution in [0, 0.1) is 5.41 Å². The summed E-state index contributed by atoms with van der Waals surface area (Å²) in [5.41, 5.74) is 2.39. The van der Waals surface area contributed by atoms with Crippen molar-refractivity contribution in [2.45, 2.75) is 19.4 Å². The van der Waals surface area contributed by atoms with E-state index in [-0.39, 0.29) is 12.0 Å². The number of nitrogens with one attached hydrogen (secondary N) is 1. The summed E-state index contributed by atoms with van der Waals surface area (Å²) >= 11 is 3.39. The molecule has 1 aliphatic rings. The zero-order valence-electron chi connectivity index (χ0n) is 11.9. The summed E-state index contributed by atoms with van der Waals surface area (Å²) in [6, 6.07) is 2.10. The molecule has 114 valence electrons. The number of thiophene rings is 1. The van der Waals surface area contributed by atoms with Gasteiger partial charge in [0.25, 0.3) is 0 Å². The van der Waals surface area contributed by atoms with Crippen LogP contribution in [-0.4, -0.2) is 36.5 Å². The van der Waals surface area contributed by atoms with E-state index >= 15 is 0 Å². The Morgan fingerprint density at radius 3 is 3.10 bits per heavy atom. The zero-order chi connectivity index (χ0) is 14.5. The van der Waals surface area contributed by atoms with Crippen LogP contribution in [0.5, 0.6) is 0 Å². The molecule has 21 heavy (non-hydrogen) atoms. The second kappa shape index (κ2) is 6.98. The molecule has 0 bridgehead atoms. The molecule has 0 spiro atoms. The molecule has 4 nitrogen and oxygen atoms in total. The van der Waals surface area contributed by atoms with E-state index in [1.807, 2.05) is 0 Å². The number of rotatable bonds is 7. The molecule has 3 heterocycles. The van der Waals surface area contributed by atoms with Gasteiger partial charge < -0.3 is 15.2 Å². The molecule has 2 N–H and O–H groups in total. The van der Waals surface area contributed by atoms with Crippen molar-refractivity contribution in [3.05, 3.63) is 27.9 Å². The molecule has 0 saturated carbocycles. The second-order valence-corrected chi connectivity index (χ2v) is 7.17. The highest BCUT2D eigenvalue weighted by molar-refractivity contribution is 7.14. The largest absolute Gasteiger partial charge is 0.396 e. The monoisotopic (exact) mass is 324 g/mol. The third-order valence-electron chi connectivity index (χ3n) is 3.95. The van der Waals surface area contributed by atoms with Gasteiger partial charge in [-0.25, -0.2) is 4.98 Å². The van der Waals surface area contributed by atoms with Crippen LogP contribution in [0.4, 0.5) is 0 Å². The average molecular weight is 324 g/mol. The summed E-state index contributed by atoms with van der Waals surface area (Å²) < 4.78 is 5.51. The van der Waals surface area contributed by atoms with Gasteiger partial charge in [0, 0.05) is 48.0 Å². The third-order valence-corrected chi connectivity index (χ3v) is 5.58. The fraction of sp³-hybridized carbons (Fsp3) is 0.533. The summed E-state index contributed by atoms with van der Waals surface area (Å²) in [7, 11) is 0. The van der Waals surface area contributed by atoms with Crippen LogP contribution in [0.25, 0.3) is 10.6 Å². The van der Waals surface area contributed by atoms with Crippen molar-refractivity contribution in [2.75, 3.05) is 26.4 Å². The number of hydrogen-bond donors (Lipinski definition) is 2. The zero-order valence-corrected chi connectivity index (χ0v) is 13.5. The first-order valence-electron chi connectivity index (χ1n) is 7.18. The summed E-state index contributed by atoms with van der Waals surface area (Å²) in [5, 5.41) is 20.1. The van der Waals surface area contributed by atoms with Gasteiger partial charge >= 0.3 is 0 Å². The van der Waals surface area contributed by atoms with Crippen LogP contribution in [0.3, 0.4) is 0 Å². The number of thiazole rings is 1. The van der Waals surface area contributed by atoms with Gasteiger partial charge in [0.1, 0.15) is 5.01 Å². The molecule has 0 radical (unpaired) electrons. The Hall–Kier alpha value is -0.790. The van der Waals surface area contributed by atoms with E-state index in [1.165, 1.54) is 5.56 Å². The first-order chi connectivity index (χ1) is 10.3. The molecule has 3 rings (SSSR count). The molecule has 6 heteroatoms. The number of hydrogen-bond acceptors (Lipinski definition) is 6. The topological polar surface area (TPSA) is 54.4 Å². The molecule has 1 saturated heterocycles. The second-order valence-electron chi connectivity index (χ2n) is 5.54. The summed E-state index contributed by atoms with van der Waals surface area (Å²) in [4.78, 5) is 4.67. The summed E-state index contributed by atoms with van der Waals surface area (Å²) in [6.07, 6.45) is 1.83. The number of nitrogens with zero attached hydrogens (tertiary/aromatic N) is 1. The fourth-order valence-corrected chi connectivity index (χ4v) is 4.21. The Labute approximate surface area is 132 Å². The van der Waals surface area contributed by atoms with Crippen LogP contribution in [-0.2, 0) is 11.3 Å². The number of aliphatic hydroxyl groups is 1. The molecule has 1 atom stereocenters. The standard InChI is InChI=1S/C15H20N2O2S2/c18-4-2-15(3-5-19-11-15)10-16-7-13-9-21-14(17-13)12-1-6-20-8-12/h1,6,8-9,16,18H,2-5,7,10-11H2. The SMILES string of the molecule is OCCC1(CNCc2csc(-c3ccsc3)n2)CCOC1. The third kappa shape index (κ3) is 3.70. The molecular formula is C15H20N2O2S2. The maximum Gasteiger partial charge on any atom is 0.124 e. The Morgan fingerprint density at radius 2 is 2.38 bits per heavy atom. The lowest BCUT2D eigenvalue weighted by Crippen LogP contribution is -2.35. The lowest BCUT2D eigenvalue weighted by Gasteiger charge is -2.26. The van der Waals surface area contributed by atoms with Crippen LogP contribution in [0.2, 0.25) is 0 Å². The lowest BCUT2D eigenvalue weighted by molar-refractivity contribution is 0.124. The Kier molecular flexibility index (Phi) is 5.03. The number of aliphatic hydroxyl groups excluding tert-OH is 1. The van der Waals surface area contributed by atoms with Gasteiger partial charge in [0.2, 0.25) is 0 Å². The van der Waals surface area contributed by atoms with Gasteiger partial charge in [-0.3, -0.25) is 0 Å². The normalized spacial score (nSPS) is 22.0. The quantitative estimate of drug-likeness (QED) is 0.822. The fourth-order valence-electron chi connectivity index (χ4n) is 2.67. The Bertz CT molecular complexity index is 548. The van der Waals surface area contributed by atoms with E-state index in [0.717, 1.165) is 49.8 Å². The first-order valence-corrected chi connectivity index (χ1v) is 9.00. The van der Waals surface area contributed by atoms with Crippen molar-refractivity contribution in [1.29, 1.82) is 0 Å². The van der Waals surface area contributed by atoms with Gasteiger partial charge in [0.15, 0.2) is 0 Å². The van der Waals surface area contributed by atoms with Crippen molar-refractivity contribution < 1.29 is 9.84 Å². The maximum absolute atomic E-state index is 9.22. The highest BCUT2D eigenvalue weighted by atomic mass is 32.1. The Morgan fingerprint density at radius 1 is 1.43 bits per heavy atom. The summed E-state index contributed by atoms with van der Waals surface area (Å²) in [5.74, 6) is 0. The van der Waals surface area contributed by atoms with Gasteiger partial charge in [-0.1, -0.05) is 0 Å². The van der Waals surface area contributed by atoms with Gasteiger partial charge in [-0.2, -0.15) is 11.3 Å². The van der Waals surface area contributed by atoms with E-state index < -0.39 is 0 Å². The minimum Gasteiger partial charge on any atom is -0.396 e. The van der Waals surface area contributed by atoms with Crippen molar-refractivity contribution in [1.82, 2.24) is 10.3 Å². The molecule has 1 unspecified atom stereocenters. The van der Waals surface area contributed by atoms with Gasteiger partial charge in [-0.05, 0) is 24.3 Å². The molecule has 0 amide bonds. The maximum atomic E-state index is 9.22. The van der Waals surface area contributed by atoms with Crippen molar-refractivity contribution in [3.63, 3.8) is 0 Å². The van der Waals surface area contributed by atoms with E-state index in [4.69, 9.17) is 4.74 Å². The average Bonchev–Trinajstić information content (AvgIpc) is 3.20. The Balaban J connectivity index is 1.53.